The zero-order valence-corrected chi connectivity index (χ0v) is 15.2. The van der Waals surface area contributed by atoms with Crippen LogP contribution in [0, 0.1) is 0 Å². The molecule has 2 aromatic heterocycles. The predicted molar refractivity (Wildman–Crippen MR) is 106 cm³/mol. The number of nitrogens with zero attached hydrogens (tertiary/aromatic N) is 3. The minimum atomic E-state index is -0.0577. The standard InChI is InChI=1S/C20H20N4OS/c1-2-23-13-5-7-17(23)19-18(16-6-3-4-12-21-16)22-20(26)24(19)14-8-10-15(25)11-9-14/h3-13,18-19,25H,2H2,1H3,(H,22,26). The molecule has 6 heteroatoms. The quantitative estimate of drug-likeness (QED) is 0.690. The molecule has 2 atom stereocenters. The highest BCUT2D eigenvalue weighted by molar-refractivity contribution is 7.80. The first-order chi connectivity index (χ1) is 12.7. The Hall–Kier alpha value is -2.86. The van der Waals surface area contributed by atoms with Crippen LogP contribution >= 0.6 is 12.2 Å². The SMILES string of the molecule is CCn1cccc1C1C(c2ccccn2)NC(=S)N1c1ccc(O)cc1. The molecule has 1 aliphatic rings. The number of hydrogen-bond acceptors (Lipinski definition) is 3. The fraction of sp³-hybridized carbons (Fsp3) is 0.200. The van der Waals surface area contributed by atoms with Crippen molar-refractivity contribution in [1.82, 2.24) is 14.9 Å². The summed E-state index contributed by atoms with van der Waals surface area (Å²) < 4.78 is 2.23. The fourth-order valence-corrected chi connectivity index (χ4v) is 3.88. The van der Waals surface area contributed by atoms with Crippen molar-refractivity contribution in [3.8, 4) is 5.75 Å². The van der Waals surface area contributed by atoms with Crippen LogP contribution in [0.3, 0.4) is 0 Å². The van der Waals surface area contributed by atoms with Gasteiger partial charge in [0.1, 0.15) is 11.8 Å². The lowest BCUT2D eigenvalue weighted by atomic mass is 10.0. The predicted octanol–water partition coefficient (Wildman–Crippen LogP) is 3.79. The van der Waals surface area contributed by atoms with Crippen LogP contribution in [0.1, 0.15) is 30.4 Å². The van der Waals surface area contributed by atoms with Gasteiger partial charge in [-0.05, 0) is 67.7 Å². The van der Waals surface area contributed by atoms with Gasteiger partial charge in [-0.2, -0.15) is 0 Å². The Labute approximate surface area is 157 Å². The summed E-state index contributed by atoms with van der Waals surface area (Å²) >= 11 is 5.68. The van der Waals surface area contributed by atoms with Crippen LogP contribution < -0.4 is 10.2 Å². The van der Waals surface area contributed by atoms with E-state index < -0.39 is 0 Å². The van der Waals surface area contributed by atoms with Gasteiger partial charge in [0.05, 0.1) is 11.7 Å². The molecule has 2 N–H and O–H groups in total. The summed E-state index contributed by atoms with van der Waals surface area (Å²) in [6, 6.07) is 17.2. The molecule has 26 heavy (non-hydrogen) atoms. The number of pyridine rings is 1. The van der Waals surface area contributed by atoms with Gasteiger partial charge in [0, 0.05) is 30.3 Å². The number of thiocarbonyl (C=S) groups is 1. The fourth-order valence-electron chi connectivity index (χ4n) is 3.53. The first kappa shape index (κ1) is 16.6. The Morgan fingerprint density at radius 3 is 2.62 bits per heavy atom. The molecular weight excluding hydrogens is 344 g/mol. The average molecular weight is 364 g/mol. The van der Waals surface area contributed by atoms with Gasteiger partial charge >= 0.3 is 0 Å². The first-order valence-corrected chi connectivity index (χ1v) is 9.04. The summed E-state index contributed by atoms with van der Waals surface area (Å²) in [5, 5.41) is 13.7. The highest BCUT2D eigenvalue weighted by Gasteiger charge is 2.41. The van der Waals surface area contributed by atoms with Crippen molar-refractivity contribution in [3.63, 3.8) is 0 Å². The lowest BCUT2D eigenvalue weighted by molar-refractivity contribution is 0.475. The van der Waals surface area contributed by atoms with E-state index in [1.807, 2.05) is 30.3 Å². The van der Waals surface area contributed by atoms with Crippen LogP contribution in [0.25, 0.3) is 0 Å². The molecule has 3 heterocycles. The van der Waals surface area contributed by atoms with Crippen molar-refractivity contribution in [1.29, 1.82) is 0 Å². The second kappa shape index (κ2) is 6.80. The summed E-state index contributed by atoms with van der Waals surface area (Å²) in [5.74, 6) is 0.238. The summed E-state index contributed by atoms with van der Waals surface area (Å²) in [7, 11) is 0. The summed E-state index contributed by atoms with van der Waals surface area (Å²) in [6.45, 7) is 3.01. The molecule has 1 fully saturated rings. The maximum atomic E-state index is 9.65. The van der Waals surface area contributed by atoms with E-state index in [4.69, 9.17) is 12.2 Å². The Balaban J connectivity index is 1.84. The second-order valence-electron chi connectivity index (χ2n) is 6.23. The number of phenols is 1. The maximum absolute atomic E-state index is 9.65. The highest BCUT2D eigenvalue weighted by Crippen LogP contribution is 2.41. The molecule has 0 bridgehead atoms. The van der Waals surface area contributed by atoms with E-state index >= 15 is 0 Å². The zero-order valence-electron chi connectivity index (χ0n) is 14.4. The van der Waals surface area contributed by atoms with Crippen molar-refractivity contribution in [2.24, 2.45) is 0 Å². The van der Waals surface area contributed by atoms with Gasteiger partial charge in [-0.25, -0.2) is 0 Å². The average Bonchev–Trinajstić information content (AvgIpc) is 3.27. The van der Waals surface area contributed by atoms with Crippen LogP contribution in [-0.2, 0) is 6.54 Å². The Morgan fingerprint density at radius 1 is 1.12 bits per heavy atom. The lowest BCUT2D eigenvalue weighted by Crippen LogP contribution is -2.30. The van der Waals surface area contributed by atoms with E-state index in [-0.39, 0.29) is 17.8 Å². The van der Waals surface area contributed by atoms with Gasteiger partial charge in [0.15, 0.2) is 5.11 Å². The van der Waals surface area contributed by atoms with Crippen LogP contribution in [0.4, 0.5) is 5.69 Å². The van der Waals surface area contributed by atoms with Crippen molar-refractivity contribution >= 4 is 23.0 Å². The van der Waals surface area contributed by atoms with Crippen LogP contribution in [-0.4, -0.2) is 19.8 Å². The molecule has 4 rings (SSSR count). The number of anilines is 1. The lowest BCUT2D eigenvalue weighted by Gasteiger charge is -2.28. The first-order valence-electron chi connectivity index (χ1n) is 8.63. The van der Waals surface area contributed by atoms with E-state index in [2.05, 4.69) is 45.0 Å². The number of hydrogen-bond donors (Lipinski definition) is 2. The molecule has 1 aliphatic heterocycles. The van der Waals surface area contributed by atoms with E-state index in [1.165, 1.54) is 5.69 Å². The van der Waals surface area contributed by atoms with Gasteiger partial charge in [-0.1, -0.05) is 6.07 Å². The molecule has 0 spiro atoms. The normalized spacial score (nSPS) is 19.6. The number of nitrogens with one attached hydrogen (secondary N) is 1. The van der Waals surface area contributed by atoms with Crippen LogP contribution in [0.2, 0.25) is 0 Å². The number of rotatable bonds is 4. The number of aromatic hydroxyl groups is 1. The number of aryl methyl sites for hydroxylation is 1. The van der Waals surface area contributed by atoms with Gasteiger partial charge in [0.25, 0.3) is 0 Å². The summed E-state index contributed by atoms with van der Waals surface area (Å²) in [5.41, 5.74) is 3.06. The van der Waals surface area contributed by atoms with E-state index in [0.29, 0.717) is 5.11 Å². The van der Waals surface area contributed by atoms with Crippen molar-refractivity contribution in [2.75, 3.05) is 4.90 Å². The third-order valence-electron chi connectivity index (χ3n) is 4.73. The molecule has 0 radical (unpaired) electrons. The van der Waals surface area contributed by atoms with Crippen LogP contribution in [0.5, 0.6) is 5.75 Å². The molecule has 0 aliphatic carbocycles. The van der Waals surface area contributed by atoms with Gasteiger partial charge < -0.3 is 19.9 Å². The molecular formula is C20H20N4OS. The summed E-state index contributed by atoms with van der Waals surface area (Å²) in [4.78, 5) is 6.66. The van der Waals surface area contributed by atoms with Crippen molar-refractivity contribution in [3.05, 3.63) is 78.4 Å². The Morgan fingerprint density at radius 2 is 1.92 bits per heavy atom. The minimum Gasteiger partial charge on any atom is -0.508 e. The largest absolute Gasteiger partial charge is 0.508 e. The molecule has 0 amide bonds. The molecule has 5 nitrogen and oxygen atoms in total. The molecule has 3 aromatic rings. The molecule has 0 saturated carbocycles. The molecule has 132 valence electrons. The van der Waals surface area contributed by atoms with E-state index in [0.717, 1.165) is 17.9 Å². The van der Waals surface area contributed by atoms with E-state index in [1.54, 1.807) is 18.3 Å². The van der Waals surface area contributed by atoms with Gasteiger partial charge in [-0.15, -0.1) is 0 Å². The topological polar surface area (TPSA) is 53.3 Å². The minimum absolute atomic E-state index is 0.0307. The highest BCUT2D eigenvalue weighted by atomic mass is 32.1. The number of phenolic OH excluding ortho intramolecular Hbond substituents is 1. The zero-order chi connectivity index (χ0) is 18.1. The van der Waals surface area contributed by atoms with Gasteiger partial charge in [-0.3, -0.25) is 4.98 Å². The monoisotopic (exact) mass is 364 g/mol. The second-order valence-corrected chi connectivity index (χ2v) is 6.62. The Kier molecular flexibility index (Phi) is 4.34. The van der Waals surface area contributed by atoms with Crippen molar-refractivity contribution in [2.45, 2.75) is 25.6 Å². The van der Waals surface area contributed by atoms with Gasteiger partial charge in [0.2, 0.25) is 0 Å². The number of aromatic nitrogens is 2. The molecule has 1 saturated heterocycles. The smallest absolute Gasteiger partial charge is 0.174 e. The van der Waals surface area contributed by atoms with E-state index in [9.17, 15) is 5.11 Å². The third-order valence-corrected chi connectivity index (χ3v) is 5.05. The third kappa shape index (κ3) is 2.82. The molecule has 1 aromatic carbocycles. The Bertz CT molecular complexity index is 907. The molecule has 2 unspecified atom stereocenters. The number of benzene rings is 1. The van der Waals surface area contributed by atoms with Crippen LogP contribution in [0.15, 0.2) is 67.0 Å². The van der Waals surface area contributed by atoms with Crippen molar-refractivity contribution < 1.29 is 5.11 Å². The summed E-state index contributed by atoms with van der Waals surface area (Å²) in [6.07, 6.45) is 3.89. The maximum Gasteiger partial charge on any atom is 0.174 e.